The lowest BCUT2D eigenvalue weighted by atomic mass is 10.00. The van der Waals surface area contributed by atoms with Crippen molar-refractivity contribution in [2.45, 2.75) is 13.0 Å². The van der Waals surface area contributed by atoms with Gasteiger partial charge in [0.1, 0.15) is 0 Å². The van der Waals surface area contributed by atoms with E-state index in [4.69, 9.17) is 9.47 Å². The van der Waals surface area contributed by atoms with Crippen molar-refractivity contribution >= 4 is 37.2 Å². The monoisotopic (exact) mass is 321 g/mol. The van der Waals surface area contributed by atoms with Crippen molar-refractivity contribution in [3.63, 3.8) is 0 Å². The van der Waals surface area contributed by atoms with Gasteiger partial charge in [-0.15, -0.1) is 37.2 Å². The SMILES string of the molecule is Cl.Cl.Cl.O.O.c1cc2c(c3c1CCNC3)OCO2. The van der Waals surface area contributed by atoms with Crippen LogP contribution in [0.3, 0.4) is 0 Å². The zero-order valence-electron chi connectivity index (χ0n) is 9.52. The second-order valence-corrected chi connectivity index (χ2v) is 3.36. The van der Waals surface area contributed by atoms with Gasteiger partial charge in [-0.05, 0) is 24.6 Å². The number of fused-ring (bicyclic) bond motifs is 3. The van der Waals surface area contributed by atoms with Crippen LogP contribution in [0.2, 0.25) is 0 Å². The molecule has 0 unspecified atom stereocenters. The number of benzene rings is 1. The predicted molar refractivity (Wildman–Crippen MR) is 76.9 cm³/mol. The molecule has 0 aliphatic carbocycles. The molecule has 0 atom stereocenters. The van der Waals surface area contributed by atoms with E-state index >= 15 is 0 Å². The molecule has 0 bridgehead atoms. The third-order valence-electron chi connectivity index (χ3n) is 2.61. The summed E-state index contributed by atoms with van der Waals surface area (Å²) < 4.78 is 10.7. The van der Waals surface area contributed by atoms with Gasteiger partial charge < -0.3 is 25.7 Å². The second-order valence-electron chi connectivity index (χ2n) is 3.36. The number of hydrogen-bond acceptors (Lipinski definition) is 3. The quantitative estimate of drug-likeness (QED) is 0.761. The van der Waals surface area contributed by atoms with Crippen LogP contribution in [0.25, 0.3) is 0 Å². The molecule has 1 aromatic rings. The van der Waals surface area contributed by atoms with E-state index in [9.17, 15) is 0 Å². The Balaban J connectivity index is -0.000000450. The molecule has 8 heteroatoms. The van der Waals surface area contributed by atoms with Crippen LogP contribution < -0.4 is 14.8 Å². The van der Waals surface area contributed by atoms with Crippen LogP contribution in [-0.4, -0.2) is 24.3 Å². The second kappa shape index (κ2) is 9.49. The molecule has 5 N–H and O–H groups in total. The molecule has 3 rings (SSSR count). The topological polar surface area (TPSA) is 93.5 Å². The molecule has 2 heterocycles. The summed E-state index contributed by atoms with van der Waals surface area (Å²) in [4.78, 5) is 0. The molecule has 0 spiro atoms. The molecule has 1 aromatic carbocycles. The van der Waals surface area contributed by atoms with Gasteiger partial charge in [0.2, 0.25) is 6.79 Å². The van der Waals surface area contributed by atoms with E-state index < -0.39 is 0 Å². The molecule has 0 aromatic heterocycles. The van der Waals surface area contributed by atoms with Gasteiger partial charge in [0, 0.05) is 12.1 Å². The predicted octanol–water partition coefficient (Wildman–Crippen LogP) is 0.677. The molecule has 5 nitrogen and oxygen atoms in total. The third-order valence-corrected chi connectivity index (χ3v) is 2.61. The minimum Gasteiger partial charge on any atom is -0.454 e. The molecule has 0 saturated heterocycles. The summed E-state index contributed by atoms with van der Waals surface area (Å²) >= 11 is 0. The Hall–Kier alpha value is -0.430. The smallest absolute Gasteiger partial charge is 0.231 e. The van der Waals surface area contributed by atoms with Gasteiger partial charge in [-0.1, -0.05) is 6.07 Å². The van der Waals surface area contributed by atoms with Gasteiger partial charge in [0.15, 0.2) is 11.5 Å². The summed E-state index contributed by atoms with van der Waals surface area (Å²) in [7, 11) is 0. The first-order valence-electron chi connectivity index (χ1n) is 4.56. The Kier molecular flexibility index (Phi) is 12.0. The van der Waals surface area contributed by atoms with Crippen LogP contribution in [0, 0.1) is 0 Å². The lowest BCUT2D eigenvalue weighted by Gasteiger charge is -2.18. The van der Waals surface area contributed by atoms with E-state index in [1.165, 1.54) is 11.1 Å². The normalized spacial score (nSPS) is 13.3. The minimum atomic E-state index is 0. The molecular weight excluding hydrogens is 304 g/mol. The molecule has 0 fully saturated rings. The van der Waals surface area contributed by atoms with E-state index in [-0.39, 0.29) is 48.2 Å². The Morgan fingerprint density at radius 1 is 1.00 bits per heavy atom. The van der Waals surface area contributed by atoms with Crippen molar-refractivity contribution in [1.29, 1.82) is 0 Å². The number of nitrogens with one attached hydrogen (secondary N) is 1. The van der Waals surface area contributed by atoms with Gasteiger partial charge in [-0.2, -0.15) is 0 Å². The maximum atomic E-state index is 5.43. The number of rotatable bonds is 0. The summed E-state index contributed by atoms with van der Waals surface area (Å²) in [6.07, 6.45) is 1.09. The van der Waals surface area contributed by atoms with Crippen LogP contribution in [0.5, 0.6) is 11.5 Å². The lowest BCUT2D eigenvalue weighted by Crippen LogP contribution is -2.23. The molecule has 0 amide bonds. The Morgan fingerprint density at radius 3 is 2.44 bits per heavy atom. The average Bonchev–Trinajstić information content (AvgIpc) is 2.65. The van der Waals surface area contributed by atoms with Gasteiger partial charge >= 0.3 is 0 Å². The van der Waals surface area contributed by atoms with Crippen molar-refractivity contribution in [2.75, 3.05) is 13.3 Å². The molecule has 0 saturated carbocycles. The van der Waals surface area contributed by atoms with Crippen molar-refractivity contribution in [1.82, 2.24) is 5.32 Å². The zero-order valence-corrected chi connectivity index (χ0v) is 12.0. The Labute approximate surface area is 124 Å². The summed E-state index contributed by atoms with van der Waals surface area (Å²) in [6, 6.07) is 4.15. The van der Waals surface area contributed by atoms with Crippen LogP contribution >= 0.6 is 37.2 Å². The van der Waals surface area contributed by atoms with E-state index in [0.717, 1.165) is 31.0 Å². The Bertz CT molecular complexity index is 365. The van der Waals surface area contributed by atoms with Gasteiger partial charge in [0.05, 0.1) is 0 Å². The summed E-state index contributed by atoms with van der Waals surface area (Å²) in [5.41, 5.74) is 2.67. The van der Waals surface area contributed by atoms with Crippen LogP contribution in [0.1, 0.15) is 11.1 Å². The fourth-order valence-corrected chi connectivity index (χ4v) is 1.94. The van der Waals surface area contributed by atoms with Gasteiger partial charge in [0.25, 0.3) is 0 Å². The highest BCUT2D eigenvalue weighted by Gasteiger charge is 2.21. The minimum absolute atomic E-state index is 0. The molecule has 18 heavy (non-hydrogen) atoms. The van der Waals surface area contributed by atoms with E-state index in [1.54, 1.807) is 0 Å². The number of hydrogen-bond donors (Lipinski definition) is 1. The maximum Gasteiger partial charge on any atom is 0.231 e. The molecule has 108 valence electrons. The fourth-order valence-electron chi connectivity index (χ4n) is 1.94. The largest absolute Gasteiger partial charge is 0.454 e. The number of halogens is 3. The van der Waals surface area contributed by atoms with Crippen LogP contribution in [0.15, 0.2) is 12.1 Å². The third kappa shape index (κ3) is 3.78. The molecular formula is C10H18Cl3NO4. The van der Waals surface area contributed by atoms with E-state index in [1.807, 2.05) is 6.07 Å². The highest BCUT2D eigenvalue weighted by atomic mass is 35.5. The van der Waals surface area contributed by atoms with Gasteiger partial charge in [-0.25, -0.2) is 0 Å². The van der Waals surface area contributed by atoms with Crippen molar-refractivity contribution in [3.8, 4) is 11.5 Å². The van der Waals surface area contributed by atoms with Gasteiger partial charge in [-0.3, -0.25) is 0 Å². The lowest BCUT2D eigenvalue weighted by molar-refractivity contribution is 0.173. The van der Waals surface area contributed by atoms with Crippen molar-refractivity contribution < 1.29 is 20.4 Å². The Morgan fingerprint density at radius 2 is 1.72 bits per heavy atom. The van der Waals surface area contributed by atoms with Crippen molar-refractivity contribution in [2.24, 2.45) is 0 Å². The first kappa shape index (κ1) is 22.7. The first-order valence-corrected chi connectivity index (χ1v) is 4.56. The first-order chi connectivity index (χ1) is 6.45. The van der Waals surface area contributed by atoms with Crippen molar-refractivity contribution in [3.05, 3.63) is 23.3 Å². The van der Waals surface area contributed by atoms with Crippen LogP contribution in [-0.2, 0) is 13.0 Å². The zero-order chi connectivity index (χ0) is 8.67. The van der Waals surface area contributed by atoms with Crippen LogP contribution in [0.4, 0.5) is 0 Å². The summed E-state index contributed by atoms with van der Waals surface area (Å²) in [6.45, 7) is 2.33. The highest BCUT2D eigenvalue weighted by molar-refractivity contribution is 5.86. The fraction of sp³-hybridized carbons (Fsp3) is 0.400. The standard InChI is InChI=1S/C10H11NO2.3ClH.2H2O/c1-2-9-10(13-6-12-9)8-5-11-4-3-7(1)8;;;;;/h1-2,11H,3-6H2;3*1H;2*1H2. The molecule has 2 aliphatic heterocycles. The molecule has 0 radical (unpaired) electrons. The summed E-state index contributed by atoms with van der Waals surface area (Å²) in [5.74, 6) is 1.84. The highest BCUT2D eigenvalue weighted by Crippen LogP contribution is 2.38. The van der Waals surface area contributed by atoms with E-state index in [2.05, 4.69) is 11.4 Å². The van der Waals surface area contributed by atoms with E-state index in [0.29, 0.717) is 6.79 Å². The average molecular weight is 323 g/mol. The molecule has 2 aliphatic rings. The maximum absolute atomic E-state index is 5.43. The summed E-state index contributed by atoms with van der Waals surface area (Å²) in [5, 5.41) is 3.34. The number of ether oxygens (including phenoxy) is 2.